The van der Waals surface area contributed by atoms with Gasteiger partial charge >= 0.3 is 0 Å². The molecule has 0 aromatic heterocycles. The molecule has 0 atom stereocenters. The Hall–Kier alpha value is -1.44. The van der Waals surface area contributed by atoms with Gasteiger partial charge in [0.15, 0.2) is 5.96 Å². The topological polar surface area (TPSA) is 49.3 Å². The minimum atomic E-state index is 0.277. The maximum atomic E-state index is 5.84. The van der Waals surface area contributed by atoms with Gasteiger partial charge in [-0.2, -0.15) is 11.8 Å². The maximum Gasteiger partial charge on any atom is 0.193 e. The lowest BCUT2D eigenvalue weighted by molar-refractivity contribution is 0.0778. The van der Waals surface area contributed by atoms with Crippen molar-refractivity contribution in [1.29, 1.82) is 0 Å². The van der Waals surface area contributed by atoms with Crippen LogP contribution in [0.15, 0.2) is 35.3 Å². The first-order valence-electron chi connectivity index (χ1n) is 10.8. The van der Waals surface area contributed by atoms with Crippen LogP contribution in [0.5, 0.6) is 5.75 Å². The summed E-state index contributed by atoms with van der Waals surface area (Å²) in [4.78, 5) is 9.42. The lowest BCUT2D eigenvalue weighted by Crippen LogP contribution is -2.55. The van der Waals surface area contributed by atoms with Crippen molar-refractivity contribution in [2.75, 3.05) is 71.9 Å². The molecule has 7 heteroatoms. The van der Waals surface area contributed by atoms with Gasteiger partial charge < -0.3 is 19.7 Å². The van der Waals surface area contributed by atoms with Gasteiger partial charge in [0.2, 0.25) is 0 Å². The van der Waals surface area contributed by atoms with Crippen LogP contribution in [0, 0.1) is 0 Å². The van der Waals surface area contributed by atoms with Crippen LogP contribution in [0.3, 0.4) is 0 Å². The van der Waals surface area contributed by atoms with Gasteiger partial charge in [-0.3, -0.25) is 9.89 Å². The molecule has 0 saturated carbocycles. The highest BCUT2D eigenvalue weighted by molar-refractivity contribution is 8.00. The molecule has 0 spiro atoms. The molecular formula is C22H36N4O2S. The number of rotatable bonds is 8. The van der Waals surface area contributed by atoms with Crippen molar-refractivity contribution in [3.8, 4) is 5.75 Å². The van der Waals surface area contributed by atoms with Gasteiger partial charge in [0.25, 0.3) is 0 Å². The molecule has 29 heavy (non-hydrogen) atoms. The first kappa shape index (κ1) is 22.2. The lowest BCUT2D eigenvalue weighted by Gasteiger charge is -2.40. The zero-order valence-electron chi connectivity index (χ0n) is 17.9. The monoisotopic (exact) mass is 420 g/mol. The Labute approximate surface area is 180 Å². The highest BCUT2D eigenvalue weighted by atomic mass is 32.2. The molecule has 0 radical (unpaired) electrons. The van der Waals surface area contributed by atoms with E-state index in [4.69, 9.17) is 9.47 Å². The van der Waals surface area contributed by atoms with E-state index in [2.05, 4.69) is 38.8 Å². The normalized spacial score (nSPS) is 20.5. The number of para-hydroxylation sites is 1. The van der Waals surface area contributed by atoms with E-state index in [0.717, 1.165) is 89.4 Å². The Bertz CT molecular complexity index is 609. The van der Waals surface area contributed by atoms with E-state index < -0.39 is 0 Å². The summed E-state index contributed by atoms with van der Waals surface area (Å²) in [5.74, 6) is 3.12. The smallest absolute Gasteiger partial charge is 0.193 e. The summed E-state index contributed by atoms with van der Waals surface area (Å²) in [7, 11) is 1.89. The fraction of sp³-hybridized carbons (Fsp3) is 0.682. The summed E-state index contributed by atoms with van der Waals surface area (Å²) < 4.78 is 11.7. The SMILES string of the molecule is CCSC1(CNC(=NC)N2CCN(CCOc3ccccc3)CC2)CCOCC1. The number of nitrogens with one attached hydrogen (secondary N) is 1. The molecule has 2 aliphatic heterocycles. The lowest BCUT2D eigenvalue weighted by atomic mass is 9.99. The quantitative estimate of drug-likeness (QED) is 0.515. The Kier molecular flexibility index (Phi) is 8.95. The van der Waals surface area contributed by atoms with Gasteiger partial charge in [-0.05, 0) is 30.7 Å². The van der Waals surface area contributed by atoms with E-state index in [-0.39, 0.29) is 4.75 Å². The molecule has 2 heterocycles. The van der Waals surface area contributed by atoms with Crippen LogP contribution in [0.4, 0.5) is 0 Å². The number of hydrogen-bond donors (Lipinski definition) is 1. The van der Waals surface area contributed by atoms with Crippen LogP contribution in [0.25, 0.3) is 0 Å². The number of ether oxygens (including phenoxy) is 2. The van der Waals surface area contributed by atoms with Crippen molar-refractivity contribution in [1.82, 2.24) is 15.1 Å². The maximum absolute atomic E-state index is 5.84. The highest BCUT2D eigenvalue weighted by Gasteiger charge is 2.33. The van der Waals surface area contributed by atoms with Crippen LogP contribution in [-0.2, 0) is 4.74 Å². The standard InChI is InChI=1S/C22H36N4O2S/c1-3-29-22(9-16-27-17-10-22)19-24-21(23-2)26-13-11-25(12-14-26)15-18-28-20-7-5-4-6-8-20/h4-8H,3,9-19H2,1-2H3,(H,23,24). The molecule has 6 nitrogen and oxygen atoms in total. The molecule has 0 bridgehead atoms. The summed E-state index contributed by atoms with van der Waals surface area (Å²) in [6, 6.07) is 10.1. The Morgan fingerprint density at radius 2 is 1.90 bits per heavy atom. The van der Waals surface area contributed by atoms with Gasteiger partial charge in [0.1, 0.15) is 12.4 Å². The number of hydrogen-bond acceptors (Lipinski definition) is 5. The molecule has 1 N–H and O–H groups in total. The summed E-state index contributed by atoms with van der Waals surface area (Å²) >= 11 is 2.07. The van der Waals surface area contributed by atoms with E-state index >= 15 is 0 Å². The van der Waals surface area contributed by atoms with Gasteiger partial charge in [-0.15, -0.1) is 0 Å². The highest BCUT2D eigenvalue weighted by Crippen LogP contribution is 2.34. The van der Waals surface area contributed by atoms with Crippen LogP contribution < -0.4 is 10.1 Å². The number of piperazine rings is 1. The molecule has 162 valence electrons. The molecule has 0 amide bonds. The van der Waals surface area contributed by atoms with Crippen molar-refractivity contribution in [2.24, 2.45) is 4.99 Å². The van der Waals surface area contributed by atoms with Crippen molar-refractivity contribution >= 4 is 17.7 Å². The van der Waals surface area contributed by atoms with Crippen molar-refractivity contribution < 1.29 is 9.47 Å². The third kappa shape index (κ3) is 6.79. The minimum Gasteiger partial charge on any atom is -0.492 e. The first-order chi connectivity index (χ1) is 14.2. The summed E-state index contributed by atoms with van der Waals surface area (Å²) in [6.45, 7) is 10.7. The number of aliphatic imine (C=N–C) groups is 1. The minimum absolute atomic E-state index is 0.277. The van der Waals surface area contributed by atoms with Gasteiger partial charge in [-0.1, -0.05) is 25.1 Å². The van der Waals surface area contributed by atoms with E-state index in [0.29, 0.717) is 0 Å². The average Bonchev–Trinajstić information content (AvgIpc) is 2.77. The van der Waals surface area contributed by atoms with Crippen molar-refractivity contribution in [3.05, 3.63) is 30.3 Å². The molecular weight excluding hydrogens is 384 g/mol. The van der Waals surface area contributed by atoms with Crippen molar-refractivity contribution in [2.45, 2.75) is 24.5 Å². The third-order valence-corrected chi connectivity index (χ3v) is 7.18. The van der Waals surface area contributed by atoms with E-state index in [1.54, 1.807) is 0 Å². The molecule has 0 aliphatic carbocycles. The number of thioether (sulfide) groups is 1. The molecule has 0 unspecified atom stereocenters. The van der Waals surface area contributed by atoms with E-state index in [9.17, 15) is 0 Å². The first-order valence-corrected chi connectivity index (χ1v) is 11.8. The fourth-order valence-corrected chi connectivity index (χ4v) is 5.23. The van der Waals surface area contributed by atoms with Gasteiger partial charge in [-0.25, -0.2) is 0 Å². The Morgan fingerprint density at radius 1 is 1.17 bits per heavy atom. The number of benzene rings is 1. The summed E-state index contributed by atoms with van der Waals surface area (Å²) in [6.07, 6.45) is 2.23. The summed E-state index contributed by atoms with van der Waals surface area (Å²) in [5, 5.41) is 3.67. The largest absolute Gasteiger partial charge is 0.492 e. The Morgan fingerprint density at radius 3 is 2.55 bits per heavy atom. The second-order valence-electron chi connectivity index (χ2n) is 7.62. The average molecular weight is 421 g/mol. The zero-order chi connectivity index (χ0) is 20.4. The molecule has 1 aromatic carbocycles. The third-order valence-electron chi connectivity index (χ3n) is 5.73. The van der Waals surface area contributed by atoms with E-state index in [1.807, 2.05) is 37.4 Å². The predicted octanol–water partition coefficient (Wildman–Crippen LogP) is 2.56. The molecule has 1 aromatic rings. The molecule has 3 rings (SSSR count). The molecule has 2 aliphatic rings. The van der Waals surface area contributed by atoms with Crippen LogP contribution >= 0.6 is 11.8 Å². The van der Waals surface area contributed by atoms with Gasteiger partial charge in [0.05, 0.1) is 0 Å². The molecule has 2 fully saturated rings. The number of nitrogens with zero attached hydrogens (tertiary/aromatic N) is 3. The number of guanidine groups is 1. The van der Waals surface area contributed by atoms with Crippen LogP contribution in [0.1, 0.15) is 19.8 Å². The predicted molar refractivity (Wildman–Crippen MR) is 122 cm³/mol. The van der Waals surface area contributed by atoms with Crippen molar-refractivity contribution in [3.63, 3.8) is 0 Å². The Balaban J connectivity index is 1.40. The van der Waals surface area contributed by atoms with Crippen LogP contribution in [0.2, 0.25) is 0 Å². The van der Waals surface area contributed by atoms with E-state index in [1.165, 1.54) is 0 Å². The van der Waals surface area contributed by atoms with Crippen LogP contribution in [-0.4, -0.2) is 92.4 Å². The second kappa shape index (κ2) is 11.7. The molecule has 2 saturated heterocycles. The fourth-order valence-electron chi connectivity index (χ4n) is 3.99. The second-order valence-corrected chi connectivity index (χ2v) is 9.35. The zero-order valence-corrected chi connectivity index (χ0v) is 18.8. The summed E-state index contributed by atoms with van der Waals surface area (Å²) in [5.41, 5.74) is 0. The van der Waals surface area contributed by atoms with Gasteiger partial charge in [0, 0.05) is 64.3 Å².